The number of nitrogens with zero attached hydrogens (tertiary/aromatic N) is 1. The fourth-order valence-corrected chi connectivity index (χ4v) is 3.60. The maximum atomic E-state index is 5.96. The second kappa shape index (κ2) is 9.57. The number of aromatic nitrogens is 1. The molecular formula is C22H26N2O3S. The first-order valence-corrected chi connectivity index (χ1v) is 9.99. The molecule has 0 saturated heterocycles. The third-order valence-electron chi connectivity index (χ3n) is 4.38. The first-order chi connectivity index (χ1) is 13.6. The van der Waals surface area contributed by atoms with Gasteiger partial charge < -0.3 is 19.5 Å². The highest BCUT2D eigenvalue weighted by Gasteiger charge is 2.11. The summed E-state index contributed by atoms with van der Waals surface area (Å²) in [7, 11) is 3.32. The van der Waals surface area contributed by atoms with Crippen molar-refractivity contribution in [3.05, 3.63) is 69.7 Å². The van der Waals surface area contributed by atoms with Crippen LogP contribution in [0, 0.1) is 6.92 Å². The molecule has 2 aromatic carbocycles. The fraction of sp³-hybridized carbons (Fsp3) is 0.318. The molecule has 0 saturated carbocycles. The zero-order chi connectivity index (χ0) is 19.9. The van der Waals surface area contributed by atoms with E-state index in [1.54, 1.807) is 25.6 Å². The molecule has 1 unspecified atom stereocenters. The molecule has 0 radical (unpaired) electrons. The Balaban J connectivity index is 1.61. The molecule has 1 heterocycles. The molecule has 1 atom stereocenters. The Hall–Kier alpha value is -2.57. The number of thiazole rings is 1. The highest BCUT2D eigenvalue weighted by molar-refractivity contribution is 7.11. The van der Waals surface area contributed by atoms with E-state index in [1.165, 1.54) is 4.88 Å². The van der Waals surface area contributed by atoms with Gasteiger partial charge in [-0.15, -0.1) is 11.3 Å². The summed E-state index contributed by atoms with van der Waals surface area (Å²) < 4.78 is 16.7. The number of nitrogens with one attached hydrogen (secondary N) is 1. The third-order valence-corrected chi connectivity index (χ3v) is 5.47. The van der Waals surface area contributed by atoms with Crippen LogP contribution >= 0.6 is 11.3 Å². The predicted molar refractivity (Wildman–Crippen MR) is 112 cm³/mol. The average molecular weight is 399 g/mol. The van der Waals surface area contributed by atoms with Crippen LogP contribution in [-0.2, 0) is 13.2 Å². The van der Waals surface area contributed by atoms with Crippen molar-refractivity contribution in [2.24, 2.45) is 0 Å². The van der Waals surface area contributed by atoms with Gasteiger partial charge in [0.05, 0.1) is 20.3 Å². The number of ether oxygens (including phenoxy) is 3. The van der Waals surface area contributed by atoms with Crippen LogP contribution in [-0.4, -0.2) is 19.2 Å². The molecule has 0 bridgehead atoms. The Kier molecular flexibility index (Phi) is 6.90. The molecular weight excluding hydrogens is 372 g/mol. The van der Waals surface area contributed by atoms with Gasteiger partial charge in [0.2, 0.25) is 0 Å². The van der Waals surface area contributed by atoms with Crippen molar-refractivity contribution in [1.82, 2.24) is 10.3 Å². The monoisotopic (exact) mass is 398 g/mol. The highest BCUT2D eigenvalue weighted by Crippen LogP contribution is 2.29. The molecule has 0 aliphatic rings. The zero-order valence-corrected chi connectivity index (χ0v) is 17.5. The minimum atomic E-state index is 0.202. The molecule has 0 amide bonds. The van der Waals surface area contributed by atoms with Crippen LogP contribution in [0.2, 0.25) is 0 Å². The Bertz CT molecular complexity index is 910. The molecule has 3 rings (SSSR count). The maximum absolute atomic E-state index is 5.96. The van der Waals surface area contributed by atoms with Crippen molar-refractivity contribution in [2.45, 2.75) is 33.0 Å². The van der Waals surface area contributed by atoms with E-state index in [2.05, 4.69) is 30.2 Å². The van der Waals surface area contributed by atoms with Gasteiger partial charge in [-0.2, -0.15) is 0 Å². The summed E-state index contributed by atoms with van der Waals surface area (Å²) in [5.41, 5.74) is 2.17. The lowest BCUT2D eigenvalue weighted by Gasteiger charge is -2.14. The summed E-state index contributed by atoms with van der Waals surface area (Å²) in [5.74, 6) is 2.26. The SMILES string of the molecule is COc1cccc(COc2ccc(CNC(C)c3ncc(C)s3)cc2OC)c1. The molecule has 1 N–H and O–H groups in total. The number of benzene rings is 2. The fourth-order valence-electron chi connectivity index (χ4n) is 2.80. The van der Waals surface area contributed by atoms with Gasteiger partial charge in [-0.1, -0.05) is 18.2 Å². The van der Waals surface area contributed by atoms with Crippen LogP contribution in [0.1, 0.15) is 34.0 Å². The molecule has 3 aromatic rings. The highest BCUT2D eigenvalue weighted by atomic mass is 32.1. The van der Waals surface area contributed by atoms with E-state index < -0.39 is 0 Å². The molecule has 5 nitrogen and oxygen atoms in total. The number of methoxy groups -OCH3 is 2. The topological polar surface area (TPSA) is 52.6 Å². The Morgan fingerprint density at radius 3 is 2.61 bits per heavy atom. The van der Waals surface area contributed by atoms with E-state index in [0.29, 0.717) is 6.61 Å². The van der Waals surface area contributed by atoms with Gasteiger partial charge in [0.1, 0.15) is 17.4 Å². The van der Waals surface area contributed by atoms with E-state index in [-0.39, 0.29) is 6.04 Å². The summed E-state index contributed by atoms with van der Waals surface area (Å²) in [6, 6.07) is 14.1. The molecule has 0 aliphatic carbocycles. The summed E-state index contributed by atoms with van der Waals surface area (Å²) in [6.07, 6.45) is 1.91. The van der Waals surface area contributed by atoms with Crippen molar-refractivity contribution in [3.63, 3.8) is 0 Å². The number of hydrogen-bond acceptors (Lipinski definition) is 6. The van der Waals surface area contributed by atoms with E-state index in [0.717, 1.165) is 39.9 Å². The second-order valence-corrected chi connectivity index (χ2v) is 7.80. The third kappa shape index (κ3) is 5.24. The number of hydrogen-bond donors (Lipinski definition) is 1. The van der Waals surface area contributed by atoms with Gasteiger partial charge in [0, 0.05) is 17.6 Å². The first-order valence-electron chi connectivity index (χ1n) is 9.17. The number of rotatable bonds is 9. The van der Waals surface area contributed by atoms with Gasteiger partial charge in [-0.05, 0) is 49.2 Å². The van der Waals surface area contributed by atoms with Crippen molar-refractivity contribution >= 4 is 11.3 Å². The Morgan fingerprint density at radius 2 is 1.89 bits per heavy atom. The molecule has 148 valence electrons. The molecule has 6 heteroatoms. The van der Waals surface area contributed by atoms with Gasteiger partial charge in [0.25, 0.3) is 0 Å². The van der Waals surface area contributed by atoms with Gasteiger partial charge in [0.15, 0.2) is 11.5 Å². The van der Waals surface area contributed by atoms with Crippen molar-refractivity contribution in [3.8, 4) is 17.2 Å². The smallest absolute Gasteiger partial charge is 0.161 e. The van der Waals surface area contributed by atoms with Crippen LogP contribution < -0.4 is 19.5 Å². The van der Waals surface area contributed by atoms with Crippen LogP contribution in [0.4, 0.5) is 0 Å². The van der Waals surface area contributed by atoms with E-state index in [4.69, 9.17) is 14.2 Å². The van der Waals surface area contributed by atoms with Gasteiger partial charge in [-0.25, -0.2) is 4.98 Å². The standard InChI is InChI=1S/C22H26N2O3S/c1-15-12-24-22(28-15)16(2)23-13-17-8-9-20(21(11-17)26-4)27-14-18-6-5-7-19(10-18)25-3/h5-12,16,23H,13-14H2,1-4H3. The largest absolute Gasteiger partial charge is 0.497 e. The normalized spacial score (nSPS) is 11.9. The van der Waals surface area contributed by atoms with Crippen molar-refractivity contribution in [1.29, 1.82) is 0 Å². The Morgan fingerprint density at radius 1 is 1.04 bits per heavy atom. The lowest BCUT2D eigenvalue weighted by molar-refractivity contribution is 0.283. The lowest BCUT2D eigenvalue weighted by atomic mass is 10.2. The van der Waals surface area contributed by atoms with E-state index in [1.807, 2.05) is 42.6 Å². The van der Waals surface area contributed by atoms with Gasteiger partial charge >= 0.3 is 0 Å². The van der Waals surface area contributed by atoms with E-state index in [9.17, 15) is 0 Å². The molecule has 0 fully saturated rings. The van der Waals surface area contributed by atoms with Crippen LogP contribution in [0.25, 0.3) is 0 Å². The molecule has 0 aliphatic heterocycles. The summed E-state index contributed by atoms with van der Waals surface area (Å²) >= 11 is 1.72. The van der Waals surface area contributed by atoms with E-state index >= 15 is 0 Å². The quantitative estimate of drug-likeness (QED) is 0.556. The summed E-state index contributed by atoms with van der Waals surface area (Å²) in [6.45, 7) is 5.38. The van der Waals surface area contributed by atoms with Crippen molar-refractivity contribution in [2.75, 3.05) is 14.2 Å². The average Bonchev–Trinajstić information content (AvgIpc) is 3.17. The van der Waals surface area contributed by atoms with Crippen LogP contribution in [0.3, 0.4) is 0 Å². The van der Waals surface area contributed by atoms with Gasteiger partial charge in [-0.3, -0.25) is 0 Å². The molecule has 1 aromatic heterocycles. The Labute approximate surface area is 170 Å². The maximum Gasteiger partial charge on any atom is 0.161 e. The summed E-state index contributed by atoms with van der Waals surface area (Å²) in [4.78, 5) is 5.67. The second-order valence-electron chi connectivity index (χ2n) is 6.54. The minimum absolute atomic E-state index is 0.202. The minimum Gasteiger partial charge on any atom is -0.497 e. The first kappa shape index (κ1) is 20.2. The predicted octanol–water partition coefficient (Wildman–Crippen LogP) is 4.90. The lowest BCUT2D eigenvalue weighted by Crippen LogP contribution is -2.17. The zero-order valence-electron chi connectivity index (χ0n) is 16.7. The van der Waals surface area contributed by atoms with Crippen molar-refractivity contribution < 1.29 is 14.2 Å². The number of aryl methyl sites for hydroxylation is 1. The summed E-state index contributed by atoms with van der Waals surface area (Å²) in [5, 5.41) is 4.61. The molecule has 0 spiro atoms. The molecule has 28 heavy (non-hydrogen) atoms. The van der Waals surface area contributed by atoms with Crippen LogP contribution in [0.15, 0.2) is 48.7 Å². The van der Waals surface area contributed by atoms with Crippen LogP contribution in [0.5, 0.6) is 17.2 Å².